The van der Waals surface area contributed by atoms with Gasteiger partial charge in [-0.05, 0) is 24.1 Å². The Morgan fingerprint density at radius 2 is 2.11 bits per heavy atom. The van der Waals surface area contributed by atoms with E-state index in [0.717, 1.165) is 17.3 Å². The Hall–Kier alpha value is -1.20. The van der Waals surface area contributed by atoms with Gasteiger partial charge in [-0.15, -0.1) is 0 Å². The molecule has 0 aromatic heterocycles. The van der Waals surface area contributed by atoms with E-state index in [1.165, 1.54) is 5.56 Å². The number of carbonyl (C=O) groups is 1. The molecule has 3 N–H and O–H groups in total. The zero-order valence-corrected chi connectivity index (χ0v) is 11.3. The predicted octanol–water partition coefficient (Wildman–Crippen LogP) is 2.12. The van der Waals surface area contributed by atoms with Gasteiger partial charge in [0.05, 0.1) is 7.11 Å². The van der Waals surface area contributed by atoms with Crippen LogP contribution in [0.1, 0.15) is 18.4 Å². The van der Waals surface area contributed by atoms with Gasteiger partial charge in [0.1, 0.15) is 5.75 Å². The van der Waals surface area contributed by atoms with Crippen LogP contribution in [0.2, 0.25) is 0 Å². The largest absolute Gasteiger partial charge is 0.497 e. The molecule has 1 atom stereocenters. The van der Waals surface area contributed by atoms with Crippen molar-refractivity contribution in [3.63, 3.8) is 0 Å². The molecule has 0 saturated heterocycles. The fourth-order valence-electron chi connectivity index (χ4n) is 1.44. The number of hydrogen-bond donors (Lipinski definition) is 2. The second-order valence-corrected chi connectivity index (χ2v) is 5.09. The summed E-state index contributed by atoms with van der Waals surface area (Å²) in [5.41, 5.74) is 7.04. The zero-order chi connectivity index (χ0) is 13.4. The summed E-state index contributed by atoms with van der Waals surface area (Å²) in [4.78, 5) is 10.4. The smallest absolute Gasteiger partial charge is 0.303 e. The van der Waals surface area contributed by atoms with Crippen LogP contribution in [0.3, 0.4) is 0 Å². The summed E-state index contributed by atoms with van der Waals surface area (Å²) < 4.78 is 5.08. The maximum absolute atomic E-state index is 10.4. The third-order valence-electron chi connectivity index (χ3n) is 2.49. The second kappa shape index (κ2) is 8.00. The number of benzene rings is 1. The van der Waals surface area contributed by atoms with Crippen LogP contribution in [0, 0.1) is 0 Å². The van der Waals surface area contributed by atoms with Crippen molar-refractivity contribution in [2.75, 3.05) is 12.9 Å². The standard InChI is InChI=1S/C13H19NO3S/c1-17-12-5-2-10(3-6-12)8-18-9-11(14)4-7-13(15)16/h2-3,5-6,11H,4,7-9,14H2,1H3,(H,15,16)/t11-/m1/s1. The van der Waals surface area contributed by atoms with Gasteiger partial charge in [0.2, 0.25) is 0 Å². The Balaban J connectivity index is 2.22. The van der Waals surface area contributed by atoms with Gasteiger partial charge in [-0.1, -0.05) is 12.1 Å². The molecule has 1 rings (SSSR count). The van der Waals surface area contributed by atoms with E-state index in [4.69, 9.17) is 15.6 Å². The normalized spacial score (nSPS) is 12.1. The number of ether oxygens (including phenoxy) is 1. The molecule has 1 aromatic rings. The van der Waals surface area contributed by atoms with Gasteiger partial charge in [-0.3, -0.25) is 4.79 Å². The van der Waals surface area contributed by atoms with Gasteiger partial charge in [-0.25, -0.2) is 0 Å². The van der Waals surface area contributed by atoms with Gasteiger partial charge in [0.15, 0.2) is 0 Å². The summed E-state index contributed by atoms with van der Waals surface area (Å²) >= 11 is 1.72. The first kappa shape index (κ1) is 14.9. The quantitative estimate of drug-likeness (QED) is 0.756. The summed E-state index contributed by atoms with van der Waals surface area (Å²) in [5, 5.41) is 8.54. The number of carboxylic acids is 1. The van der Waals surface area contributed by atoms with E-state index in [-0.39, 0.29) is 12.5 Å². The van der Waals surface area contributed by atoms with Crippen molar-refractivity contribution in [3.8, 4) is 5.75 Å². The average molecular weight is 269 g/mol. The van der Waals surface area contributed by atoms with Crippen molar-refractivity contribution in [2.24, 2.45) is 5.73 Å². The Morgan fingerprint density at radius 3 is 2.67 bits per heavy atom. The molecule has 0 bridgehead atoms. The lowest BCUT2D eigenvalue weighted by molar-refractivity contribution is -0.137. The highest BCUT2D eigenvalue weighted by Crippen LogP contribution is 2.17. The molecule has 5 heteroatoms. The van der Waals surface area contributed by atoms with E-state index in [1.807, 2.05) is 24.3 Å². The number of thioether (sulfide) groups is 1. The van der Waals surface area contributed by atoms with Crippen molar-refractivity contribution in [3.05, 3.63) is 29.8 Å². The lowest BCUT2D eigenvalue weighted by Gasteiger charge is -2.09. The molecule has 0 fully saturated rings. The molecule has 0 aliphatic carbocycles. The van der Waals surface area contributed by atoms with Crippen LogP contribution >= 0.6 is 11.8 Å². The molecule has 0 aliphatic rings. The van der Waals surface area contributed by atoms with Crippen LogP contribution in [0.4, 0.5) is 0 Å². The highest BCUT2D eigenvalue weighted by molar-refractivity contribution is 7.98. The molecule has 18 heavy (non-hydrogen) atoms. The molecular formula is C13H19NO3S. The molecule has 0 aliphatic heterocycles. The van der Waals surface area contributed by atoms with Crippen LogP contribution < -0.4 is 10.5 Å². The number of hydrogen-bond acceptors (Lipinski definition) is 4. The molecule has 0 spiro atoms. The summed E-state index contributed by atoms with van der Waals surface area (Å²) in [5.74, 6) is 1.72. The fourth-order valence-corrected chi connectivity index (χ4v) is 2.46. The van der Waals surface area contributed by atoms with Gasteiger partial charge in [0.25, 0.3) is 0 Å². The lowest BCUT2D eigenvalue weighted by Crippen LogP contribution is -2.23. The van der Waals surface area contributed by atoms with E-state index < -0.39 is 5.97 Å². The number of methoxy groups -OCH3 is 1. The van der Waals surface area contributed by atoms with E-state index in [9.17, 15) is 4.79 Å². The van der Waals surface area contributed by atoms with Crippen LogP contribution in [-0.4, -0.2) is 30.0 Å². The third-order valence-corrected chi connectivity index (χ3v) is 3.69. The summed E-state index contributed by atoms with van der Waals surface area (Å²) in [7, 11) is 1.64. The summed E-state index contributed by atoms with van der Waals surface area (Å²) in [6.45, 7) is 0. The Morgan fingerprint density at radius 1 is 1.44 bits per heavy atom. The first-order chi connectivity index (χ1) is 8.61. The lowest BCUT2D eigenvalue weighted by atomic mass is 10.2. The maximum atomic E-state index is 10.4. The highest BCUT2D eigenvalue weighted by atomic mass is 32.2. The molecule has 4 nitrogen and oxygen atoms in total. The first-order valence-corrected chi connectivity index (χ1v) is 6.95. The third kappa shape index (κ3) is 5.93. The minimum Gasteiger partial charge on any atom is -0.497 e. The number of aliphatic carboxylic acids is 1. The van der Waals surface area contributed by atoms with E-state index >= 15 is 0 Å². The molecule has 100 valence electrons. The summed E-state index contributed by atoms with van der Waals surface area (Å²) in [6, 6.07) is 7.85. The fraction of sp³-hybridized carbons (Fsp3) is 0.462. The first-order valence-electron chi connectivity index (χ1n) is 5.80. The van der Waals surface area contributed by atoms with Crippen molar-refractivity contribution in [1.29, 1.82) is 0 Å². The molecule has 0 radical (unpaired) electrons. The van der Waals surface area contributed by atoms with Gasteiger partial charge < -0.3 is 15.6 Å². The number of rotatable bonds is 8. The number of nitrogens with two attached hydrogens (primary N) is 1. The van der Waals surface area contributed by atoms with Gasteiger partial charge >= 0.3 is 5.97 Å². The average Bonchev–Trinajstić information content (AvgIpc) is 2.37. The van der Waals surface area contributed by atoms with E-state index in [0.29, 0.717) is 6.42 Å². The minimum atomic E-state index is -0.786. The molecule has 0 unspecified atom stereocenters. The van der Waals surface area contributed by atoms with Gasteiger partial charge in [0, 0.05) is 24.0 Å². The SMILES string of the molecule is COc1ccc(CSC[C@H](N)CCC(=O)O)cc1. The number of carboxylic acid groups (broad SMARTS) is 1. The molecule has 0 saturated carbocycles. The second-order valence-electron chi connectivity index (χ2n) is 4.06. The Kier molecular flexibility index (Phi) is 6.60. The van der Waals surface area contributed by atoms with Gasteiger partial charge in [-0.2, -0.15) is 11.8 Å². The van der Waals surface area contributed by atoms with Crippen LogP contribution in [0.25, 0.3) is 0 Å². The van der Waals surface area contributed by atoms with E-state index in [1.54, 1.807) is 18.9 Å². The summed E-state index contributed by atoms with van der Waals surface area (Å²) in [6.07, 6.45) is 0.676. The van der Waals surface area contributed by atoms with Crippen LogP contribution in [-0.2, 0) is 10.5 Å². The van der Waals surface area contributed by atoms with Crippen molar-refractivity contribution in [1.82, 2.24) is 0 Å². The topological polar surface area (TPSA) is 72.5 Å². The van der Waals surface area contributed by atoms with Crippen LogP contribution in [0.15, 0.2) is 24.3 Å². The van der Waals surface area contributed by atoms with Crippen molar-refractivity contribution >= 4 is 17.7 Å². The molecule has 1 aromatic carbocycles. The monoisotopic (exact) mass is 269 g/mol. The highest BCUT2D eigenvalue weighted by Gasteiger charge is 2.06. The maximum Gasteiger partial charge on any atom is 0.303 e. The predicted molar refractivity (Wildman–Crippen MR) is 74.0 cm³/mol. The molecule has 0 heterocycles. The van der Waals surface area contributed by atoms with E-state index in [2.05, 4.69) is 0 Å². The van der Waals surface area contributed by atoms with Crippen molar-refractivity contribution in [2.45, 2.75) is 24.6 Å². The minimum absolute atomic E-state index is 0.0515. The van der Waals surface area contributed by atoms with Crippen LogP contribution in [0.5, 0.6) is 5.75 Å². The Labute approximate surface area is 112 Å². The Bertz CT molecular complexity index is 367. The molecule has 0 amide bonds. The van der Waals surface area contributed by atoms with Crippen molar-refractivity contribution < 1.29 is 14.6 Å². The zero-order valence-electron chi connectivity index (χ0n) is 10.5. The molecular weight excluding hydrogens is 250 g/mol.